The number of hydrogen-bond acceptors (Lipinski definition) is 1. The van der Waals surface area contributed by atoms with Crippen molar-refractivity contribution in [2.45, 2.75) is 19.9 Å². The lowest BCUT2D eigenvalue weighted by molar-refractivity contribution is 0.607. The monoisotopic (exact) mass is 247 g/mol. The number of nitrogens with two attached hydrogens (primary N) is 1. The standard InChI is InChI=1S/C15H15F2N/c1-9-7-12(8-10(2)14(9)17)15(18)11-3-5-13(16)6-4-11/h3-8,15H,18H2,1-2H3. The van der Waals surface area contributed by atoms with Gasteiger partial charge in [0.15, 0.2) is 0 Å². The number of hydrogen-bond donors (Lipinski definition) is 1. The molecule has 2 N–H and O–H groups in total. The zero-order valence-corrected chi connectivity index (χ0v) is 10.4. The van der Waals surface area contributed by atoms with Crippen molar-refractivity contribution in [1.29, 1.82) is 0 Å². The maximum absolute atomic E-state index is 13.5. The highest BCUT2D eigenvalue weighted by Crippen LogP contribution is 2.23. The molecule has 3 heteroatoms. The molecule has 94 valence electrons. The maximum atomic E-state index is 13.5. The maximum Gasteiger partial charge on any atom is 0.129 e. The summed E-state index contributed by atoms with van der Waals surface area (Å²) in [4.78, 5) is 0. The Hall–Kier alpha value is -1.74. The van der Waals surface area contributed by atoms with Crippen LogP contribution in [0.2, 0.25) is 0 Å². The molecule has 0 spiro atoms. The van der Waals surface area contributed by atoms with E-state index in [0.717, 1.165) is 11.1 Å². The summed E-state index contributed by atoms with van der Waals surface area (Å²) >= 11 is 0. The zero-order chi connectivity index (χ0) is 13.3. The highest BCUT2D eigenvalue weighted by Gasteiger charge is 2.12. The molecule has 0 amide bonds. The van der Waals surface area contributed by atoms with E-state index in [-0.39, 0.29) is 17.7 Å². The summed E-state index contributed by atoms with van der Waals surface area (Å²) in [5.41, 5.74) is 8.89. The molecule has 0 saturated carbocycles. The van der Waals surface area contributed by atoms with Gasteiger partial charge in [-0.1, -0.05) is 24.3 Å². The summed E-state index contributed by atoms with van der Waals surface area (Å²) in [6.07, 6.45) is 0. The van der Waals surface area contributed by atoms with E-state index in [0.29, 0.717) is 11.1 Å². The van der Waals surface area contributed by atoms with E-state index in [1.165, 1.54) is 12.1 Å². The van der Waals surface area contributed by atoms with E-state index in [4.69, 9.17) is 5.73 Å². The molecule has 0 fully saturated rings. The quantitative estimate of drug-likeness (QED) is 0.861. The van der Waals surface area contributed by atoms with Crippen molar-refractivity contribution in [3.05, 3.63) is 70.3 Å². The first-order chi connectivity index (χ1) is 8.49. The molecule has 0 aliphatic heterocycles. The summed E-state index contributed by atoms with van der Waals surface area (Å²) < 4.78 is 26.4. The molecule has 0 aliphatic carbocycles. The minimum absolute atomic E-state index is 0.204. The number of aryl methyl sites for hydroxylation is 2. The van der Waals surface area contributed by atoms with Gasteiger partial charge in [-0.3, -0.25) is 0 Å². The fraction of sp³-hybridized carbons (Fsp3) is 0.200. The van der Waals surface area contributed by atoms with Crippen LogP contribution in [0.3, 0.4) is 0 Å². The van der Waals surface area contributed by atoms with Crippen LogP contribution in [0.1, 0.15) is 28.3 Å². The average molecular weight is 247 g/mol. The fourth-order valence-electron chi connectivity index (χ4n) is 2.02. The predicted molar refractivity (Wildman–Crippen MR) is 68.3 cm³/mol. The van der Waals surface area contributed by atoms with Gasteiger partial charge in [-0.2, -0.15) is 0 Å². The number of halogens is 2. The second-order valence-electron chi connectivity index (χ2n) is 4.50. The summed E-state index contributed by atoms with van der Waals surface area (Å²) in [6.45, 7) is 3.42. The lowest BCUT2D eigenvalue weighted by Crippen LogP contribution is -2.12. The third kappa shape index (κ3) is 2.41. The van der Waals surface area contributed by atoms with E-state index in [2.05, 4.69) is 0 Å². The van der Waals surface area contributed by atoms with Crippen LogP contribution in [0, 0.1) is 25.5 Å². The van der Waals surface area contributed by atoms with Gasteiger partial charge in [0, 0.05) is 0 Å². The first kappa shape index (κ1) is 12.7. The minimum Gasteiger partial charge on any atom is -0.320 e. The van der Waals surface area contributed by atoms with E-state index < -0.39 is 0 Å². The topological polar surface area (TPSA) is 26.0 Å². The van der Waals surface area contributed by atoms with Crippen molar-refractivity contribution >= 4 is 0 Å². The normalized spacial score (nSPS) is 12.5. The molecule has 0 heterocycles. The third-order valence-electron chi connectivity index (χ3n) is 3.05. The van der Waals surface area contributed by atoms with Crippen molar-refractivity contribution in [1.82, 2.24) is 0 Å². The Morgan fingerprint density at radius 2 is 1.39 bits per heavy atom. The summed E-state index contributed by atoms with van der Waals surface area (Å²) in [6, 6.07) is 9.13. The Morgan fingerprint density at radius 3 is 1.89 bits per heavy atom. The van der Waals surface area contributed by atoms with Crippen LogP contribution in [0.15, 0.2) is 36.4 Å². The second-order valence-corrected chi connectivity index (χ2v) is 4.50. The molecule has 2 rings (SSSR count). The smallest absolute Gasteiger partial charge is 0.129 e. The van der Waals surface area contributed by atoms with Gasteiger partial charge in [0.05, 0.1) is 6.04 Å². The summed E-state index contributed by atoms with van der Waals surface area (Å²) in [7, 11) is 0. The van der Waals surface area contributed by atoms with Gasteiger partial charge in [-0.15, -0.1) is 0 Å². The van der Waals surface area contributed by atoms with Crippen LogP contribution < -0.4 is 5.73 Å². The van der Waals surface area contributed by atoms with Crippen LogP contribution in [-0.2, 0) is 0 Å². The molecule has 0 aromatic heterocycles. The van der Waals surface area contributed by atoms with Gasteiger partial charge in [0.1, 0.15) is 11.6 Å². The molecule has 1 nitrogen and oxygen atoms in total. The molecule has 18 heavy (non-hydrogen) atoms. The number of rotatable bonds is 2. The van der Waals surface area contributed by atoms with Crippen LogP contribution >= 0.6 is 0 Å². The van der Waals surface area contributed by atoms with Gasteiger partial charge in [-0.05, 0) is 48.2 Å². The molecule has 2 aromatic carbocycles. The largest absolute Gasteiger partial charge is 0.320 e. The van der Waals surface area contributed by atoms with Gasteiger partial charge in [-0.25, -0.2) is 8.78 Å². The second kappa shape index (κ2) is 4.86. The van der Waals surface area contributed by atoms with Crippen molar-refractivity contribution in [3.63, 3.8) is 0 Å². The third-order valence-corrected chi connectivity index (χ3v) is 3.05. The highest BCUT2D eigenvalue weighted by atomic mass is 19.1. The van der Waals surface area contributed by atoms with Crippen molar-refractivity contribution in [2.24, 2.45) is 5.73 Å². The van der Waals surface area contributed by atoms with E-state index in [9.17, 15) is 8.78 Å². The van der Waals surface area contributed by atoms with Crippen LogP contribution in [0.5, 0.6) is 0 Å². The molecule has 2 aromatic rings. The Bertz CT molecular complexity index is 538. The first-order valence-corrected chi connectivity index (χ1v) is 5.76. The van der Waals surface area contributed by atoms with Crippen LogP contribution in [0.4, 0.5) is 8.78 Å². The van der Waals surface area contributed by atoms with Crippen molar-refractivity contribution < 1.29 is 8.78 Å². The van der Waals surface area contributed by atoms with Gasteiger partial charge in [0.2, 0.25) is 0 Å². The Labute approximate surface area is 105 Å². The molecule has 0 bridgehead atoms. The van der Waals surface area contributed by atoms with E-state index in [1.807, 2.05) is 0 Å². The summed E-state index contributed by atoms with van der Waals surface area (Å²) in [5, 5.41) is 0. The molecule has 0 aliphatic rings. The fourth-order valence-corrected chi connectivity index (χ4v) is 2.02. The number of benzene rings is 2. The SMILES string of the molecule is Cc1cc(C(N)c2ccc(F)cc2)cc(C)c1F. The molecule has 1 atom stereocenters. The zero-order valence-electron chi connectivity index (χ0n) is 10.4. The Morgan fingerprint density at radius 1 is 0.889 bits per heavy atom. The van der Waals surface area contributed by atoms with Crippen molar-refractivity contribution in [3.8, 4) is 0 Å². The minimum atomic E-state index is -0.372. The van der Waals surface area contributed by atoms with Gasteiger partial charge >= 0.3 is 0 Å². The van der Waals surface area contributed by atoms with E-state index >= 15 is 0 Å². The van der Waals surface area contributed by atoms with Gasteiger partial charge in [0.25, 0.3) is 0 Å². The van der Waals surface area contributed by atoms with Gasteiger partial charge < -0.3 is 5.73 Å². The highest BCUT2D eigenvalue weighted by molar-refractivity contribution is 5.37. The predicted octanol–water partition coefficient (Wildman–Crippen LogP) is 3.63. The lowest BCUT2D eigenvalue weighted by Gasteiger charge is -2.15. The summed E-state index contributed by atoms with van der Waals surface area (Å²) in [5.74, 6) is -0.498. The van der Waals surface area contributed by atoms with Crippen molar-refractivity contribution in [2.75, 3.05) is 0 Å². The molecule has 0 saturated heterocycles. The molecular formula is C15H15F2N. The molecule has 0 radical (unpaired) electrons. The lowest BCUT2D eigenvalue weighted by atomic mass is 9.96. The van der Waals surface area contributed by atoms with Crippen LogP contribution in [0.25, 0.3) is 0 Å². The Balaban J connectivity index is 2.39. The average Bonchev–Trinajstić information content (AvgIpc) is 2.35. The molecule has 1 unspecified atom stereocenters. The first-order valence-electron chi connectivity index (χ1n) is 5.76. The molecular weight excluding hydrogens is 232 g/mol. The Kier molecular flexibility index (Phi) is 3.43. The van der Waals surface area contributed by atoms with Crippen LogP contribution in [-0.4, -0.2) is 0 Å². The van der Waals surface area contributed by atoms with E-state index in [1.54, 1.807) is 38.1 Å².